The zero-order valence-corrected chi connectivity index (χ0v) is 9.22. The average molecular weight is 220 g/mol. The van der Waals surface area contributed by atoms with E-state index in [4.69, 9.17) is 10.2 Å². The first kappa shape index (κ1) is 14.5. The largest absolute Gasteiger partial charge is 0.392 e. The van der Waals surface area contributed by atoms with Crippen molar-refractivity contribution < 1.29 is 15.3 Å². The molecule has 3 atom stereocenters. The number of aliphatic hydroxyl groups is 3. The Bertz CT molecular complexity index is 347. The van der Waals surface area contributed by atoms with Gasteiger partial charge < -0.3 is 15.3 Å². The Labute approximate surface area is 96.1 Å². The van der Waals surface area contributed by atoms with E-state index in [2.05, 4.69) is 30.3 Å². The highest BCUT2D eigenvalue weighted by Crippen LogP contribution is 1.95. The van der Waals surface area contributed by atoms with Gasteiger partial charge in [-0.25, -0.2) is 0 Å². The van der Waals surface area contributed by atoms with Crippen LogP contribution in [-0.2, 0) is 0 Å². The molecule has 0 saturated heterocycles. The Kier molecular flexibility index (Phi) is 7.93. The third-order valence-electron chi connectivity index (χ3n) is 1.59. The van der Waals surface area contributed by atoms with Gasteiger partial charge in [0.2, 0.25) is 0 Å². The van der Waals surface area contributed by atoms with Crippen LogP contribution in [0.15, 0.2) is 24.8 Å². The van der Waals surface area contributed by atoms with E-state index in [1.54, 1.807) is 6.92 Å². The molecule has 0 fully saturated rings. The minimum atomic E-state index is -1.00. The molecule has 0 rings (SSSR count). The van der Waals surface area contributed by atoms with Crippen molar-refractivity contribution in [3.8, 4) is 23.7 Å². The maximum atomic E-state index is 9.25. The molecule has 0 amide bonds. The van der Waals surface area contributed by atoms with Gasteiger partial charge in [-0.15, -0.1) is 6.58 Å². The third kappa shape index (κ3) is 7.84. The summed E-state index contributed by atoms with van der Waals surface area (Å²) in [4.78, 5) is 0. The average Bonchev–Trinajstić information content (AvgIpc) is 2.25. The third-order valence-corrected chi connectivity index (χ3v) is 1.59. The highest BCUT2D eigenvalue weighted by atomic mass is 16.3. The van der Waals surface area contributed by atoms with Gasteiger partial charge in [-0.2, -0.15) is 0 Å². The topological polar surface area (TPSA) is 60.7 Å². The lowest BCUT2D eigenvalue weighted by atomic mass is 10.2. The quantitative estimate of drug-likeness (QED) is 0.469. The molecule has 0 unspecified atom stereocenters. The van der Waals surface area contributed by atoms with Gasteiger partial charge in [0.15, 0.2) is 0 Å². The molecule has 0 bridgehead atoms. The van der Waals surface area contributed by atoms with Crippen LogP contribution >= 0.6 is 0 Å². The molecule has 0 aromatic rings. The predicted molar refractivity (Wildman–Crippen MR) is 63.2 cm³/mol. The summed E-state index contributed by atoms with van der Waals surface area (Å²) in [5.41, 5.74) is 0. The Morgan fingerprint density at radius 1 is 1.19 bits per heavy atom. The zero-order chi connectivity index (χ0) is 12.4. The lowest BCUT2D eigenvalue weighted by Crippen LogP contribution is -2.20. The molecule has 3 heteroatoms. The molecule has 0 saturated carbocycles. The summed E-state index contributed by atoms with van der Waals surface area (Å²) in [5, 5.41) is 27.2. The maximum absolute atomic E-state index is 9.25. The Morgan fingerprint density at radius 2 is 1.88 bits per heavy atom. The van der Waals surface area contributed by atoms with Gasteiger partial charge in [0.05, 0.1) is 6.10 Å². The lowest BCUT2D eigenvalue weighted by Gasteiger charge is -2.07. The SMILES string of the molecule is C=C[C@H](O)[C@@H](O)/C=C/C#CC#CC[C@H](C)O. The number of hydrogen-bond acceptors (Lipinski definition) is 3. The van der Waals surface area contributed by atoms with Crippen molar-refractivity contribution in [2.24, 2.45) is 0 Å². The standard InChI is InChI=1S/C13H16O3/c1-3-12(15)13(16)10-8-6-4-5-7-9-11(2)14/h3,8,10-16H,1,9H2,2H3/b10-8+/t11-,12-,13-/m0/s1. The minimum Gasteiger partial charge on any atom is -0.392 e. The molecule has 3 N–H and O–H groups in total. The molecule has 0 aromatic heterocycles. The van der Waals surface area contributed by atoms with Gasteiger partial charge in [0.1, 0.15) is 12.2 Å². The van der Waals surface area contributed by atoms with E-state index in [0.717, 1.165) is 0 Å². The fraction of sp³-hybridized carbons (Fsp3) is 0.385. The van der Waals surface area contributed by atoms with Crippen molar-refractivity contribution in [1.29, 1.82) is 0 Å². The molecular weight excluding hydrogens is 204 g/mol. The van der Waals surface area contributed by atoms with E-state index in [0.29, 0.717) is 6.42 Å². The highest BCUT2D eigenvalue weighted by molar-refractivity contribution is 5.31. The molecule has 3 nitrogen and oxygen atoms in total. The van der Waals surface area contributed by atoms with Crippen LogP contribution in [0.5, 0.6) is 0 Å². The summed E-state index contributed by atoms with van der Waals surface area (Å²) in [7, 11) is 0. The van der Waals surface area contributed by atoms with Gasteiger partial charge in [-0.3, -0.25) is 0 Å². The molecule has 0 aliphatic carbocycles. The summed E-state index contributed by atoms with van der Waals surface area (Å²) in [6, 6.07) is 0. The van der Waals surface area contributed by atoms with Crippen molar-refractivity contribution in [3.63, 3.8) is 0 Å². The molecule has 0 heterocycles. The number of rotatable bonds is 4. The summed E-state index contributed by atoms with van der Waals surface area (Å²) >= 11 is 0. The number of allylic oxidation sites excluding steroid dienone is 1. The van der Waals surface area contributed by atoms with Crippen LogP contribution in [0.4, 0.5) is 0 Å². The van der Waals surface area contributed by atoms with Crippen LogP contribution in [0, 0.1) is 23.7 Å². The first-order valence-corrected chi connectivity index (χ1v) is 4.89. The van der Waals surface area contributed by atoms with Crippen molar-refractivity contribution in [2.75, 3.05) is 0 Å². The van der Waals surface area contributed by atoms with Gasteiger partial charge >= 0.3 is 0 Å². The Morgan fingerprint density at radius 3 is 2.44 bits per heavy atom. The predicted octanol–water partition coefficient (Wildman–Crippen LogP) is 0.228. The van der Waals surface area contributed by atoms with Crippen LogP contribution in [0.2, 0.25) is 0 Å². The molecule has 0 radical (unpaired) electrons. The fourth-order valence-electron chi connectivity index (χ4n) is 0.721. The van der Waals surface area contributed by atoms with Gasteiger partial charge in [-0.05, 0) is 30.9 Å². The second kappa shape index (κ2) is 8.76. The molecule has 0 aliphatic heterocycles. The Hall–Kier alpha value is -1.52. The van der Waals surface area contributed by atoms with E-state index < -0.39 is 18.3 Å². The molecular formula is C13H16O3. The van der Waals surface area contributed by atoms with Gasteiger partial charge in [-0.1, -0.05) is 17.9 Å². The molecule has 0 aliphatic rings. The molecule has 16 heavy (non-hydrogen) atoms. The van der Waals surface area contributed by atoms with E-state index in [9.17, 15) is 5.11 Å². The number of aliphatic hydroxyl groups excluding tert-OH is 3. The number of hydrogen-bond donors (Lipinski definition) is 3. The van der Waals surface area contributed by atoms with Gasteiger partial charge in [0, 0.05) is 6.42 Å². The highest BCUT2D eigenvalue weighted by Gasteiger charge is 2.06. The van der Waals surface area contributed by atoms with Crippen LogP contribution in [0.25, 0.3) is 0 Å². The Balaban J connectivity index is 4.03. The summed E-state index contributed by atoms with van der Waals surface area (Å²) < 4.78 is 0. The fourth-order valence-corrected chi connectivity index (χ4v) is 0.721. The van der Waals surface area contributed by atoms with Crippen molar-refractivity contribution >= 4 is 0 Å². The van der Waals surface area contributed by atoms with Gasteiger partial charge in [0.25, 0.3) is 0 Å². The second-order valence-electron chi connectivity index (χ2n) is 3.20. The van der Waals surface area contributed by atoms with E-state index in [1.165, 1.54) is 18.2 Å². The van der Waals surface area contributed by atoms with E-state index in [1.807, 2.05) is 0 Å². The van der Waals surface area contributed by atoms with Crippen LogP contribution < -0.4 is 0 Å². The molecule has 0 spiro atoms. The van der Waals surface area contributed by atoms with E-state index in [-0.39, 0.29) is 0 Å². The summed E-state index contributed by atoms with van der Waals surface area (Å²) in [5.74, 6) is 10.3. The van der Waals surface area contributed by atoms with Crippen LogP contribution in [0.3, 0.4) is 0 Å². The first-order chi connectivity index (χ1) is 7.57. The molecule has 0 aromatic carbocycles. The summed E-state index contributed by atoms with van der Waals surface area (Å²) in [6.45, 7) is 4.99. The lowest BCUT2D eigenvalue weighted by molar-refractivity contribution is 0.0811. The van der Waals surface area contributed by atoms with Crippen molar-refractivity contribution in [1.82, 2.24) is 0 Å². The monoisotopic (exact) mass is 220 g/mol. The van der Waals surface area contributed by atoms with Crippen LogP contribution in [0.1, 0.15) is 13.3 Å². The van der Waals surface area contributed by atoms with Crippen molar-refractivity contribution in [2.45, 2.75) is 31.7 Å². The maximum Gasteiger partial charge on any atom is 0.102 e. The molecule has 86 valence electrons. The van der Waals surface area contributed by atoms with E-state index >= 15 is 0 Å². The van der Waals surface area contributed by atoms with Crippen molar-refractivity contribution in [3.05, 3.63) is 24.8 Å². The zero-order valence-electron chi connectivity index (χ0n) is 9.22. The normalized spacial score (nSPS) is 15.2. The minimum absolute atomic E-state index is 0.385. The smallest absolute Gasteiger partial charge is 0.102 e. The van der Waals surface area contributed by atoms with Crippen LogP contribution in [-0.4, -0.2) is 33.6 Å². The first-order valence-electron chi connectivity index (χ1n) is 4.89. The second-order valence-corrected chi connectivity index (χ2v) is 3.20. The summed E-state index contributed by atoms with van der Waals surface area (Å²) in [6.07, 6.45) is 1.96.